The maximum absolute atomic E-state index is 11.3. The standard InChI is InChI=1S/C12H23NO3S/c1-3-4-8-17-9-11(14)13-7-5-6-10(2)12(15)16/h10H,3-9H2,1-2H3,(H,13,14)(H,15,16). The molecule has 0 aromatic rings. The maximum atomic E-state index is 11.3. The summed E-state index contributed by atoms with van der Waals surface area (Å²) in [6.45, 7) is 4.39. The highest BCUT2D eigenvalue weighted by Crippen LogP contribution is 2.05. The summed E-state index contributed by atoms with van der Waals surface area (Å²) >= 11 is 1.65. The third-order valence-corrected chi connectivity index (χ3v) is 3.48. The lowest BCUT2D eigenvalue weighted by molar-refractivity contribution is -0.141. The van der Waals surface area contributed by atoms with Gasteiger partial charge in [-0.3, -0.25) is 9.59 Å². The Morgan fingerprint density at radius 3 is 2.65 bits per heavy atom. The first-order chi connectivity index (χ1) is 8.07. The molecule has 0 fully saturated rings. The van der Waals surface area contributed by atoms with Gasteiger partial charge >= 0.3 is 5.97 Å². The first-order valence-electron chi connectivity index (χ1n) is 6.15. The number of carboxylic acids is 1. The molecule has 0 radical (unpaired) electrons. The Balaban J connectivity index is 3.36. The third kappa shape index (κ3) is 10.2. The van der Waals surface area contributed by atoms with Crippen molar-refractivity contribution in [2.75, 3.05) is 18.1 Å². The first kappa shape index (κ1) is 16.3. The van der Waals surface area contributed by atoms with Gasteiger partial charge in [-0.05, 0) is 25.0 Å². The van der Waals surface area contributed by atoms with Gasteiger partial charge in [-0.25, -0.2) is 0 Å². The van der Waals surface area contributed by atoms with E-state index in [4.69, 9.17) is 5.11 Å². The molecule has 100 valence electrons. The number of thioether (sulfide) groups is 1. The Bertz CT molecular complexity index is 234. The number of carboxylic acid groups (broad SMARTS) is 1. The molecule has 1 amide bonds. The second kappa shape index (κ2) is 10.4. The molecule has 0 aromatic heterocycles. The Morgan fingerprint density at radius 1 is 1.35 bits per heavy atom. The van der Waals surface area contributed by atoms with E-state index in [2.05, 4.69) is 12.2 Å². The van der Waals surface area contributed by atoms with Crippen molar-refractivity contribution >= 4 is 23.6 Å². The van der Waals surface area contributed by atoms with E-state index < -0.39 is 5.97 Å². The lowest BCUT2D eigenvalue weighted by Gasteiger charge is -2.07. The Labute approximate surface area is 108 Å². The largest absolute Gasteiger partial charge is 0.481 e. The smallest absolute Gasteiger partial charge is 0.306 e. The van der Waals surface area contributed by atoms with E-state index in [9.17, 15) is 9.59 Å². The SMILES string of the molecule is CCCCSCC(=O)NCCCC(C)C(=O)O. The topological polar surface area (TPSA) is 66.4 Å². The monoisotopic (exact) mass is 261 g/mol. The van der Waals surface area contributed by atoms with Crippen LogP contribution in [-0.2, 0) is 9.59 Å². The predicted octanol–water partition coefficient (Wildman–Crippen LogP) is 2.14. The van der Waals surface area contributed by atoms with Crippen LogP contribution in [0.2, 0.25) is 0 Å². The van der Waals surface area contributed by atoms with Crippen LogP contribution in [0.15, 0.2) is 0 Å². The van der Waals surface area contributed by atoms with Crippen molar-refractivity contribution in [2.24, 2.45) is 5.92 Å². The predicted molar refractivity (Wildman–Crippen MR) is 71.3 cm³/mol. The van der Waals surface area contributed by atoms with Gasteiger partial charge in [0.25, 0.3) is 0 Å². The van der Waals surface area contributed by atoms with Gasteiger partial charge in [-0.15, -0.1) is 0 Å². The molecule has 0 aliphatic heterocycles. The quantitative estimate of drug-likeness (QED) is 0.591. The molecule has 0 spiro atoms. The molecule has 2 N–H and O–H groups in total. The molecule has 17 heavy (non-hydrogen) atoms. The molecule has 4 nitrogen and oxygen atoms in total. The maximum Gasteiger partial charge on any atom is 0.306 e. The van der Waals surface area contributed by atoms with Crippen molar-refractivity contribution in [3.05, 3.63) is 0 Å². The van der Waals surface area contributed by atoms with Crippen molar-refractivity contribution in [2.45, 2.75) is 39.5 Å². The molecule has 0 aliphatic carbocycles. The number of nitrogens with one attached hydrogen (secondary N) is 1. The van der Waals surface area contributed by atoms with Crippen LogP contribution in [0.3, 0.4) is 0 Å². The van der Waals surface area contributed by atoms with Crippen molar-refractivity contribution in [1.29, 1.82) is 0 Å². The van der Waals surface area contributed by atoms with E-state index in [1.807, 2.05) is 0 Å². The Morgan fingerprint density at radius 2 is 2.06 bits per heavy atom. The van der Waals surface area contributed by atoms with Crippen LogP contribution >= 0.6 is 11.8 Å². The van der Waals surface area contributed by atoms with Crippen LogP contribution in [0, 0.1) is 5.92 Å². The van der Waals surface area contributed by atoms with Crippen LogP contribution in [0.25, 0.3) is 0 Å². The van der Waals surface area contributed by atoms with Crippen molar-refractivity contribution < 1.29 is 14.7 Å². The molecule has 0 rings (SSSR count). The zero-order chi connectivity index (χ0) is 13.1. The fourth-order valence-electron chi connectivity index (χ4n) is 1.22. The normalized spacial score (nSPS) is 12.1. The highest BCUT2D eigenvalue weighted by Gasteiger charge is 2.09. The highest BCUT2D eigenvalue weighted by molar-refractivity contribution is 7.99. The van der Waals surface area contributed by atoms with Crippen molar-refractivity contribution in [3.8, 4) is 0 Å². The van der Waals surface area contributed by atoms with E-state index in [0.29, 0.717) is 18.7 Å². The first-order valence-corrected chi connectivity index (χ1v) is 7.30. The molecule has 0 aromatic carbocycles. The average Bonchev–Trinajstić information content (AvgIpc) is 2.29. The van der Waals surface area contributed by atoms with Gasteiger partial charge in [0, 0.05) is 6.54 Å². The lowest BCUT2D eigenvalue weighted by Crippen LogP contribution is -2.26. The number of carbonyl (C=O) groups is 2. The Kier molecular flexibility index (Phi) is 10.0. The summed E-state index contributed by atoms with van der Waals surface area (Å²) < 4.78 is 0. The molecule has 1 unspecified atom stereocenters. The fraction of sp³-hybridized carbons (Fsp3) is 0.833. The molecular weight excluding hydrogens is 238 g/mol. The van der Waals surface area contributed by atoms with E-state index in [1.165, 1.54) is 0 Å². The van der Waals surface area contributed by atoms with Gasteiger partial charge in [-0.1, -0.05) is 20.3 Å². The molecule has 0 heterocycles. The van der Waals surface area contributed by atoms with Gasteiger partial charge in [-0.2, -0.15) is 11.8 Å². The van der Waals surface area contributed by atoms with Crippen molar-refractivity contribution in [3.63, 3.8) is 0 Å². The molecular formula is C12H23NO3S. The number of hydrogen-bond donors (Lipinski definition) is 2. The van der Waals surface area contributed by atoms with Gasteiger partial charge < -0.3 is 10.4 Å². The van der Waals surface area contributed by atoms with Crippen LogP contribution in [0.5, 0.6) is 0 Å². The molecule has 5 heteroatoms. The minimum Gasteiger partial charge on any atom is -0.481 e. The molecule has 0 saturated heterocycles. The Hall–Kier alpha value is -0.710. The molecule has 1 atom stereocenters. The van der Waals surface area contributed by atoms with Crippen LogP contribution in [-0.4, -0.2) is 35.0 Å². The summed E-state index contributed by atoms with van der Waals surface area (Å²) in [6, 6.07) is 0. The fourth-order valence-corrected chi connectivity index (χ4v) is 2.15. The van der Waals surface area contributed by atoms with E-state index in [1.54, 1.807) is 18.7 Å². The number of aliphatic carboxylic acids is 1. The van der Waals surface area contributed by atoms with Crippen LogP contribution in [0.1, 0.15) is 39.5 Å². The highest BCUT2D eigenvalue weighted by atomic mass is 32.2. The molecule has 0 saturated carbocycles. The number of hydrogen-bond acceptors (Lipinski definition) is 3. The minimum atomic E-state index is -0.772. The second-order valence-corrected chi connectivity index (χ2v) is 5.24. The summed E-state index contributed by atoms with van der Waals surface area (Å²) in [5, 5.41) is 11.5. The van der Waals surface area contributed by atoms with E-state index in [-0.39, 0.29) is 11.8 Å². The summed E-state index contributed by atoms with van der Waals surface area (Å²) in [6.07, 6.45) is 3.63. The van der Waals surface area contributed by atoms with Gasteiger partial charge in [0.15, 0.2) is 0 Å². The van der Waals surface area contributed by atoms with Crippen LogP contribution in [0.4, 0.5) is 0 Å². The number of rotatable bonds is 10. The summed E-state index contributed by atoms with van der Waals surface area (Å²) in [4.78, 5) is 21.9. The van der Waals surface area contributed by atoms with Crippen molar-refractivity contribution in [1.82, 2.24) is 5.32 Å². The molecule has 0 bridgehead atoms. The van der Waals surface area contributed by atoms with Gasteiger partial charge in [0.05, 0.1) is 11.7 Å². The van der Waals surface area contributed by atoms with Crippen LogP contribution < -0.4 is 5.32 Å². The number of carbonyl (C=O) groups excluding carboxylic acids is 1. The van der Waals surface area contributed by atoms with Gasteiger partial charge in [0.2, 0.25) is 5.91 Å². The van der Waals surface area contributed by atoms with E-state index in [0.717, 1.165) is 25.0 Å². The average molecular weight is 261 g/mol. The second-order valence-electron chi connectivity index (χ2n) is 4.14. The van der Waals surface area contributed by atoms with E-state index >= 15 is 0 Å². The van der Waals surface area contributed by atoms with Gasteiger partial charge in [0.1, 0.15) is 0 Å². The zero-order valence-corrected chi connectivity index (χ0v) is 11.5. The summed E-state index contributed by atoms with van der Waals surface area (Å²) in [5.74, 6) is 0.486. The summed E-state index contributed by atoms with van der Waals surface area (Å²) in [7, 11) is 0. The third-order valence-electron chi connectivity index (χ3n) is 2.43. The zero-order valence-electron chi connectivity index (χ0n) is 10.7. The minimum absolute atomic E-state index is 0.0501. The number of amides is 1. The summed E-state index contributed by atoms with van der Waals surface area (Å²) in [5.41, 5.74) is 0. The molecule has 0 aliphatic rings. The number of unbranched alkanes of at least 4 members (excludes halogenated alkanes) is 1. The lowest BCUT2D eigenvalue weighted by atomic mass is 10.1.